The van der Waals surface area contributed by atoms with E-state index in [2.05, 4.69) is 10.3 Å². The molecule has 0 saturated heterocycles. The first-order chi connectivity index (χ1) is 9.02. The lowest BCUT2D eigenvalue weighted by Crippen LogP contribution is -2.06. The molecule has 0 aliphatic rings. The Hall–Kier alpha value is -2.64. The van der Waals surface area contributed by atoms with Crippen molar-refractivity contribution in [3.8, 4) is 5.75 Å². The number of anilines is 1. The second-order valence-corrected chi connectivity index (χ2v) is 3.97. The lowest BCUT2D eigenvalue weighted by atomic mass is 10.1. The third kappa shape index (κ3) is 2.46. The first-order valence-electron chi connectivity index (χ1n) is 5.49. The van der Waals surface area contributed by atoms with Gasteiger partial charge in [0, 0.05) is 17.7 Å². The van der Waals surface area contributed by atoms with Gasteiger partial charge in [0.15, 0.2) is 5.82 Å². The van der Waals surface area contributed by atoms with Crippen LogP contribution in [0.1, 0.15) is 11.3 Å². The first kappa shape index (κ1) is 12.8. The van der Waals surface area contributed by atoms with E-state index >= 15 is 0 Å². The van der Waals surface area contributed by atoms with Gasteiger partial charge < -0.3 is 10.5 Å². The van der Waals surface area contributed by atoms with E-state index in [1.807, 2.05) is 0 Å². The number of nitro groups is 1. The van der Waals surface area contributed by atoms with Crippen molar-refractivity contribution >= 4 is 11.5 Å². The molecular formula is C11H13N5O3. The number of ether oxygens (including phenoxy) is 1. The van der Waals surface area contributed by atoms with Gasteiger partial charge in [-0.1, -0.05) is 5.21 Å². The molecule has 0 bridgehead atoms. The highest BCUT2D eigenvalue weighted by Crippen LogP contribution is 2.25. The fraction of sp³-hybridized carbons (Fsp3) is 0.273. The smallest absolute Gasteiger partial charge is 0.270 e. The summed E-state index contributed by atoms with van der Waals surface area (Å²) in [5, 5.41) is 18.4. The summed E-state index contributed by atoms with van der Waals surface area (Å²) in [7, 11) is 1.51. The van der Waals surface area contributed by atoms with Crippen molar-refractivity contribution < 1.29 is 9.66 Å². The maximum atomic E-state index is 10.8. The number of nitrogens with two attached hydrogens (primary N) is 1. The molecule has 0 radical (unpaired) electrons. The van der Waals surface area contributed by atoms with E-state index in [-0.39, 0.29) is 5.69 Å². The fourth-order valence-electron chi connectivity index (χ4n) is 1.69. The minimum absolute atomic E-state index is 0.00143. The zero-order chi connectivity index (χ0) is 14.0. The zero-order valence-electron chi connectivity index (χ0n) is 10.5. The first-order valence-corrected chi connectivity index (χ1v) is 5.49. The van der Waals surface area contributed by atoms with Gasteiger partial charge in [-0.25, -0.2) is 4.68 Å². The van der Waals surface area contributed by atoms with Gasteiger partial charge in [-0.3, -0.25) is 10.1 Å². The van der Waals surface area contributed by atoms with Crippen molar-refractivity contribution in [3.63, 3.8) is 0 Å². The van der Waals surface area contributed by atoms with E-state index < -0.39 is 4.92 Å². The van der Waals surface area contributed by atoms with Crippen LogP contribution < -0.4 is 10.5 Å². The van der Waals surface area contributed by atoms with Crippen molar-refractivity contribution in [1.82, 2.24) is 15.0 Å². The van der Waals surface area contributed by atoms with E-state index in [4.69, 9.17) is 10.5 Å². The van der Waals surface area contributed by atoms with Crippen LogP contribution in [-0.2, 0) is 6.54 Å². The van der Waals surface area contributed by atoms with E-state index in [9.17, 15) is 10.1 Å². The molecule has 1 aromatic carbocycles. The highest BCUT2D eigenvalue weighted by atomic mass is 16.6. The van der Waals surface area contributed by atoms with Crippen LogP contribution in [0.25, 0.3) is 0 Å². The summed E-state index contributed by atoms with van der Waals surface area (Å²) in [6.07, 6.45) is 0. The van der Waals surface area contributed by atoms with E-state index in [1.54, 1.807) is 17.7 Å². The molecule has 0 aliphatic carbocycles. The number of aromatic nitrogens is 3. The summed E-state index contributed by atoms with van der Waals surface area (Å²) < 4.78 is 6.75. The van der Waals surface area contributed by atoms with Crippen molar-refractivity contribution in [2.75, 3.05) is 12.8 Å². The largest absolute Gasteiger partial charge is 0.496 e. The van der Waals surface area contributed by atoms with Gasteiger partial charge in [-0.2, -0.15) is 0 Å². The monoisotopic (exact) mass is 263 g/mol. The van der Waals surface area contributed by atoms with Crippen LogP contribution in [0.5, 0.6) is 5.75 Å². The SMILES string of the molecule is COc1ccc([N+](=O)[O-])cc1Cn1nnc(N)c1C. The summed E-state index contributed by atoms with van der Waals surface area (Å²) in [5.41, 5.74) is 6.96. The number of rotatable bonds is 4. The Kier molecular flexibility index (Phi) is 3.32. The molecule has 0 aliphatic heterocycles. The average molecular weight is 263 g/mol. The number of methoxy groups -OCH3 is 1. The molecule has 0 saturated carbocycles. The lowest BCUT2D eigenvalue weighted by molar-refractivity contribution is -0.384. The van der Waals surface area contributed by atoms with Crippen LogP contribution in [0.15, 0.2) is 18.2 Å². The number of nitro benzene ring substituents is 1. The van der Waals surface area contributed by atoms with Crippen molar-refractivity contribution in [1.29, 1.82) is 0 Å². The van der Waals surface area contributed by atoms with Gasteiger partial charge in [-0.15, -0.1) is 5.10 Å². The van der Waals surface area contributed by atoms with Gasteiger partial charge in [0.25, 0.3) is 5.69 Å². The summed E-state index contributed by atoms with van der Waals surface area (Å²) in [6, 6.07) is 4.41. The van der Waals surface area contributed by atoms with E-state index in [0.29, 0.717) is 29.4 Å². The third-order valence-electron chi connectivity index (χ3n) is 2.81. The van der Waals surface area contributed by atoms with E-state index in [0.717, 1.165) is 0 Å². The van der Waals surface area contributed by atoms with Crippen LogP contribution in [0, 0.1) is 17.0 Å². The molecule has 1 heterocycles. The van der Waals surface area contributed by atoms with Crippen LogP contribution >= 0.6 is 0 Å². The van der Waals surface area contributed by atoms with Crippen LogP contribution in [0.4, 0.5) is 11.5 Å². The zero-order valence-corrected chi connectivity index (χ0v) is 10.5. The number of non-ortho nitro benzene ring substituents is 1. The minimum Gasteiger partial charge on any atom is -0.496 e. The Labute approximate surface area is 108 Å². The quantitative estimate of drug-likeness (QED) is 0.654. The molecular weight excluding hydrogens is 250 g/mol. The van der Waals surface area contributed by atoms with Crippen LogP contribution in [0.3, 0.4) is 0 Å². The van der Waals surface area contributed by atoms with Gasteiger partial charge in [0.2, 0.25) is 0 Å². The van der Waals surface area contributed by atoms with Crippen molar-refractivity contribution in [2.24, 2.45) is 0 Å². The molecule has 2 N–H and O–H groups in total. The van der Waals surface area contributed by atoms with Crippen LogP contribution in [0.2, 0.25) is 0 Å². The number of nitrogens with zero attached hydrogens (tertiary/aromatic N) is 4. The predicted octanol–water partition coefficient (Wildman–Crippen LogP) is 1.13. The third-order valence-corrected chi connectivity index (χ3v) is 2.81. The summed E-state index contributed by atoms with van der Waals surface area (Å²) >= 11 is 0. The Bertz CT molecular complexity index is 623. The molecule has 0 unspecified atom stereocenters. The topological polar surface area (TPSA) is 109 Å². The predicted molar refractivity (Wildman–Crippen MR) is 67.9 cm³/mol. The van der Waals surface area contributed by atoms with Gasteiger partial charge in [0.1, 0.15) is 5.75 Å². The molecule has 8 heteroatoms. The second kappa shape index (κ2) is 4.92. The van der Waals surface area contributed by atoms with Gasteiger partial charge in [0.05, 0.1) is 24.3 Å². The van der Waals surface area contributed by atoms with Crippen LogP contribution in [-0.4, -0.2) is 27.0 Å². The number of benzene rings is 1. The Morgan fingerprint density at radius 3 is 2.79 bits per heavy atom. The maximum Gasteiger partial charge on any atom is 0.270 e. The molecule has 8 nitrogen and oxygen atoms in total. The number of hydrogen-bond acceptors (Lipinski definition) is 6. The van der Waals surface area contributed by atoms with Crippen molar-refractivity contribution in [3.05, 3.63) is 39.6 Å². The maximum absolute atomic E-state index is 10.8. The number of hydrogen-bond donors (Lipinski definition) is 1. The van der Waals surface area contributed by atoms with Gasteiger partial charge in [-0.05, 0) is 13.0 Å². The standard InChI is InChI=1S/C11H13N5O3/c1-7-11(12)13-14-15(7)6-8-5-9(16(17)18)3-4-10(8)19-2/h3-5H,6,12H2,1-2H3. The molecule has 0 amide bonds. The Morgan fingerprint density at radius 1 is 1.53 bits per heavy atom. The molecule has 1 aromatic heterocycles. The summed E-state index contributed by atoms with van der Waals surface area (Å²) in [6.45, 7) is 2.08. The van der Waals surface area contributed by atoms with Crippen molar-refractivity contribution in [2.45, 2.75) is 13.5 Å². The molecule has 2 aromatic rings. The molecule has 19 heavy (non-hydrogen) atoms. The highest BCUT2D eigenvalue weighted by Gasteiger charge is 2.14. The average Bonchev–Trinajstić information content (AvgIpc) is 2.70. The minimum atomic E-state index is -0.453. The molecule has 0 spiro atoms. The Balaban J connectivity index is 2.40. The molecule has 0 fully saturated rings. The second-order valence-electron chi connectivity index (χ2n) is 3.97. The molecule has 100 valence electrons. The normalized spacial score (nSPS) is 10.4. The lowest BCUT2D eigenvalue weighted by Gasteiger charge is -2.09. The van der Waals surface area contributed by atoms with Gasteiger partial charge >= 0.3 is 0 Å². The highest BCUT2D eigenvalue weighted by molar-refractivity contribution is 5.44. The molecule has 0 atom stereocenters. The molecule has 2 rings (SSSR count). The Morgan fingerprint density at radius 2 is 2.26 bits per heavy atom. The van der Waals surface area contributed by atoms with E-state index in [1.165, 1.54) is 19.2 Å². The fourth-order valence-corrected chi connectivity index (χ4v) is 1.69. The summed E-state index contributed by atoms with van der Waals surface area (Å²) in [4.78, 5) is 10.3. The summed E-state index contributed by atoms with van der Waals surface area (Å²) in [5.74, 6) is 0.892. The number of nitrogen functional groups attached to an aromatic ring is 1.